The summed E-state index contributed by atoms with van der Waals surface area (Å²) < 4.78 is 5.43. The molecule has 2 amide bonds. The van der Waals surface area contributed by atoms with Crippen LogP contribution in [-0.2, 0) is 11.2 Å². The van der Waals surface area contributed by atoms with E-state index in [2.05, 4.69) is 20.2 Å². The van der Waals surface area contributed by atoms with Crippen molar-refractivity contribution in [2.75, 3.05) is 42.6 Å². The minimum Gasteiger partial charge on any atom is -0.378 e. The van der Waals surface area contributed by atoms with Gasteiger partial charge < -0.3 is 19.9 Å². The fourth-order valence-corrected chi connectivity index (χ4v) is 5.62. The average Bonchev–Trinajstić information content (AvgIpc) is 3.63. The number of anilines is 2. The number of morpholine rings is 1. The molecule has 2 aliphatic heterocycles. The summed E-state index contributed by atoms with van der Waals surface area (Å²) in [5.41, 5.74) is 3.29. The highest BCUT2D eigenvalue weighted by molar-refractivity contribution is 7.17. The second-order valence-electron chi connectivity index (χ2n) is 8.80. The van der Waals surface area contributed by atoms with Crippen LogP contribution in [0.2, 0.25) is 0 Å². The zero-order valence-electron chi connectivity index (χ0n) is 18.7. The number of thiophene rings is 1. The second kappa shape index (κ2) is 8.81. The molecule has 1 aliphatic carbocycles. The van der Waals surface area contributed by atoms with Crippen LogP contribution in [0.3, 0.4) is 0 Å². The molecule has 1 aromatic carbocycles. The number of rotatable bonds is 4. The molecule has 0 radical (unpaired) electrons. The summed E-state index contributed by atoms with van der Waals surface area (Å²) in [5, 5.41) is 3.08. The third kappa shape index (κ3) is 4.05. The smallest absolute Gasteiger partial charge is 0.277 e. The van der Waals surface area contributed by atoms with Crippen LogP contribution in [0.1, 0.15) is 38.6 Å². The molecule has 1 saturated carbocycles. The summed E-state index contributed by atoms with van der Waals surface area (Å²) in [7, 11) is 0. The van der Waals surface area contributed by atoms with E-state index >= 15 is 0 Å². The first-order chi connectivity index (χ1) is 16.7. The topological polar surface area (TPSA) is 87.7 Å². The Morgan fingerprint density at radius 1 is 1.06 bits per heavy atom. The quantitative estimate of drug-likeness (QED) is 0.624. The Labute approximate surface area is 201 Å². The van der Waals surface area contributed by atoms with Gasteiger partial charge in [-0.2, -0.15) is 0 Å². The van der Waals surface area contributed by atoms with Gasteiger partial charge in [0.15, 0.2) is 0 Å². The fourth-order valence-electron chi connectivity index (χ4n) is 4.47. The van der Waals surface area contributed by atoms with Gasteiger partial charge in [0, 0.05) is 42.2 Å². The van der Waals surface area contributed by atoms with Gasteiger partial charge in [0.1, 0.15) is 17.8 Å². The molecule has 34 heavy (non-hydrogen) atoms. The molecule has 0 atom stereocenters. The van der Waals surface area contributed by atoms with Crippen molar-refractivity contribution in [3.8, 4) is 10.4 Å². The van der Waals surface area contributed by atoms with Crippen LogP contribution in [0.4, 0.5) is 11.5 Å². The maximum absolute atomic E-state index is 13.7. The predicted octanol–water partition coefficient (Wildman–Crippen LogP) is 3.14. The van der Waals surface area contributed by atoms with Crippen molar-refractivity contribution in [1.82, 2.24) is 15.3 Å². The van der Waals surface area contributed by atoms with Gasteiger partial charge in [-0.05, 0) is 37.0 Å². The van der Waals surface area contributed by atoms with Crippen molar-refractivity contribution in [1.29, 1.82) is 0 Å². The summed E-state index contributed by atoms with van der Waals surface area (Å²) in [4.78, 5) is 40.7. The van der Waals surface area contributed by atoms with Gasteiger partial charge in [0.2, 0.25) is 0 Å². The summed E-state index contributed by atoms with van der Waals surface area (Å²) in [6.07, 6.45) is 4.26. The Morgan fingerprint density at radius 2 is 1.88 bits per heavy atom. The van der Waals surface area contributed by atoms with Crippen molar-refractivity contribution in [2.24, 2.45) is 0 Å². The molecular formula is C25H25N5O3S. The van der Waals surface area contributed by atoms with Gasteiger partial charge in [-0.3, -0.25) is 9.59 Å². The van der Waals surface area contributed by atoms with Crippen molar-refractivity contribution in [3.05, 3.63) is 58.9 Å². The molecule has 8 nitrogen and oxygen atoms in total. The van der Waals surface area contributed by atoms with Gasteiger partial charge in [-0.25, -0.2) is 9.97 Å². The van der Waals surface area contributed by atoms with Gasteiger partial charge in [0.25, 0.3) is 11.8 Å². The Morgan fingerprint density at radius 3 is 2.71 bits per heavy atom. The number of benzene rings is 1. The molecule has 0 bridgehead atoms. The Hall–Kier alpha value is -3.30. The lowest BCUT2D eigenvalue weighted by Gasteiger charge is -2.28. The lowest BCUT2D eigenvalue weighted by molar-refractivity contribution is 0.0952. The molecule has 9 heteroatoms. The minimum absolute atomic E-state index is 0.00242. The van der Waals surface area contributed by atoms with E-state index in [0.29, 0.717) is 37.9 Å². The van der Waals surface area contributed by atoms with E-state index in [0.717, 1.165) is 58.3 Å². The molecule has 3 aromatic rings. The van der Waals surface area contributed by atoms with Gasteiger partial charge in [-0.15, -0.1) is 11.3 Å². The van der Waals surface area contributed by atoms with Gasteiger partial charge >= 0.3 is 0 Å². The molecule has 1 N–H and O–H groups in total. The summed E-state index contributed by atoms with van der Waals surface area (Å²) in [6, 6.07) is 12.0. The maximum Gasteiger partial charge on any atom is 0.277 e. The van der Waals surface area contributed by atoms with Crippen molar-refractivity contribution >= 4 is 34.7 Å². The van der Waals surface area contributed by atoms with Crippen molar-refractivity contribution in [3.63, 3.8) is 0 Å². The van der Waals surface area contributed by atoms with Crippen LogP contribution in [0.5, 0.6) is 0 Å². The number of carbonyl (C=O) groups is 2. The Kier molecular flexibility index (Phi) is 5.50. The molecule has 2 fully saturated rings. The third-order valence-corrected chi connectivity index (χ3v) is 7.65. The van der Waals surface area contributed by atoms with Crippen LogP contribution < -0.4 is 15.1 Å². The lowest BCUT2D eigenvalue weighted by Crippen LogP contribution is -2.37. The van der Waals surface area contributed by atoms with Crippen LogP contribution >= 0.6 is 11.3 Å². The molecule has 0 unspecified atom stereocenters. The molecule has 1 saturated heterocycles. The monoisotopic (exact) mass is 475 g/mol. The molecule has 4 heterocycles. The van der Waals surface area contributed by atoms with Crippen LogP contribution in [0.15, 0.2) is 42.7 Å². The molecular weight excluding hydrogens is 450 g/mol. The average molecular weight is 476 g/mol. The molecule has 2 aromatic heterocycles. The first kappa shape index (κ1) is 21.2. The first-order valence-corrected chi connectivity index (χ1v) is 12.5. The number of ether oxygens (including phenoxy) is 1. The number of hydrogen-bond donors (Lipinski definition) is 1. The number of amides is 2. The first-order valence-electron chi connectivity index (χ1n) is 11.7. The van der Waals surface area contributed by atoms with E-state index in [-0.39, 0.29) is 11.8 Å². The van der Waals surface area contributed by atoms with E-state index in [4.69, 9.17) is 4.74 Å². The number of hydrogen-bond acceptors (Lipinski definition) is 7. The van der Waals surface area contributed by atoms with E-state index in [9.17, 15) is 9.59 Å². The Bertz CT molecular complexity index is 1250. The fraction of sp³-hybridized carbons (Fsp3) is 0.360. The predicted molar refractivity (Wildman–Crippen MR) is 131 cm³/mol. The summed E-state index contributed by atoms with van der Waals surface area (Å²) in [5.74, 6) is 0.601. The molecule has 3 aliphatic rings. The summed E-state index contributed by atoms with van der Waals surface area (Å²) in [6.45, 7) is 3.30. The van der Waals surface area contributed by atoms with Gasteiger partial charge in [-0.1, -0.05) is 18.2 Å². The third-order valence-electron chi connectivity index (χ3n) is 6.44. The van der Waals surface area contributed by atoms with Crippen molar-refractivity contribution < 1.29 is 14.3 Å². The highest BCUT2D eigenvalue weighted by atomic mass is 32.1. The van der Waals surface area contributed by atoms with E-state index in [1.54, 1.807) is 11.0 Å². The Balaban J connectivity index is 1.31. The largest absolute Gasteiger partial charge is 0.378 e. The zero-order chi connectivity index (χ0) is 23.1. The van der Waals surface area contributed by atoms with Crippen LogP contribution in [0, 0.1) is 0 Å². The van der Waals surface area contributed by atoms with Crippen LogP contribution in [0.25, 0.3) is 10.4 Å². The highest BCUT2D eigenvalue weighted by Gasteiger charge is 2.30. The minimum atomic E-state index is -0.147. The normalized spacial score (nSPS) is 17.5. The van der Waals surface area contributed by atoms with Crippen molar-refractivity contribution in [2.45, 2.75) is 25.3 Å². The lowest BCUT2D eigenvalue weighted by atomic mass is 10.1. The number of nitrogens with one attached hydrogen (secondary N) is 1. The van der Waals surface area contributed by atoms with E-state index < -0.39 is 0 Å². The maximum atomic E-state index is 13.7. The second-order valence-corrected chi connectivity index (χ2v) is 9.85. The van der Waals surface area contributed by atoms with Gasteiger partial charge in [0.05, 0.1) is 23.8 Å². The molecule has 6 rings (SSSR count). The highest BCUT2D eigenvalue weighted by Crippen LogP contribution is 2.42. The molecule has 0 spiro atoms. The number of fused-ring (bicyclic) bond motifs is 3. The molecule has 174 valence electrons. The summed E-state index contributed by atoms with van der Waals surface area (Å²) >= 11 is 1.51. The number of nitrogens with zero attached hydrogens (tertiary/aromatic N) is 4. The number of aromatic nitrogens is 2. The van der Waals surface area contributed by atoms with E-state index in [1.165, 1.54) is 17.7 Å². The number of para-hydroxylation sites is 1. The zero-order valence-corrected chi connectivity index (χ0v) is 19.5. The number of carbonyl (C=O) groups excluding carboxylic acids is 2. The van der Waals surface area contributed by atoms with Crippen LogP contribution in [-0.4, -0.2) is 60.7 Å². The standard InChI is InChI=1S/C25H25N5O3S/c31-24(28-17-5-6-17)21-13-16-7-8-30(20-4-2-1-3-18(20)23(16)34-21)25(32)19-14-22(27-15-26-19)29-9-11-33-12-10-29/h1-4,13-15,17H,5-12H2,(H,28,31). The van der Waals surface area contributed by atoms with E-state index in [1.807, 2.05) is 30.3 Å². The SMILES string of the molecule is O=C(NC1CC1)c1cc2c(s1)-c1ccccc1N(C(=O)c1cc(N3CCOCC3)ncn1)CC2.